The van der Waals surface area contributed by atoms with E-state index in [0.29, 0.717) is 36.1 Å². The number of rotatable bonds is 4. The molecule has 6 nitrogen and oxygen atoms in total. The number of nitrogens with zero attached hydrogens (tertiary/aromatic N) is 2. The van der Waals surface area contributed by atoms with Crippen LogP contribution in [0.3, 0.4) is 0 Å². The zero-order valence-electron chi connectivity index (χ0n) is 14.0. The van der Waals surface area contributed by atoms with Crippen LogP contribution in [0.1, 0.15) is 5.69 Å². The van der Waals surface area contributed by atoms with Crippen LogP contribution in [0.15, 0.2) is 46.0 Å². The molecule has 0 bridgehead atoms. The normalized spacial score (nSPS) is 13.1. The molecule has 3 heterocycles. The molecule has 1 aliphatic rings. The molecule has 0 atom stereocenters. The standard InChI is InChI=1S/C19H13N3O3S2/c20-9-13(7-15-11-27-19(22-15)12-3-6-26-10-12)18(23)21-14-1-2-16-17(8-14)25-5-4-24-16/h1-3,6-8,10-11H,4-5H2,(H,21,23). The maximum Gasteiger partial charge on any atom is 0.266 e. The molecule has 4 rings (SSSR count). The number of hydrogen-bond donors (Lipinski definition) is 1. The van der Waals surface area contributed by atoms with Crippen molar-refractivity contribution in [2.75, 3.05) is 18.5 Å². The molecule has 0 fully saturated rings. The summed E-state index contributed by atoms with van der Waals surface area (Å²) < 4.78 is 11.0. The van der Waals surface area contributed by atoms with Crippen LogP contribution < -0.4 is 14.8 Å². The maximum atomic E-state index is 12.5. The zero-order chi connectivity index (χ0) is 18.6. The molecule has 0 spiro atoms. The lowest BCUT2D eigenvalue weighted by molar-refractivity contribution is -0.112. The van der Waals surface area contributed by atoms with Crippen LogP contribution in [0.4, 0.5) is 5.69 Å². The fourth-order valence-electron chi connectivity index (χ4n) is 2.49. The quantitative estimate of drug-likeness (QED) is 0.529. The van der Waals surface area contributed by atoms with E-state index in [0.717, 1.165) is 10.6 Å². The summed E-state index contributed by atoms with van der Waals surface area (Å²) in [6, 6.07) is 9.03. The molecule has 0 unspecified atom stereocenters. The van der Waals surface area contributed by atoms with Gasteiger partial charge in [0.25, 0.3) is 5.91 Å². The highest BCUT2D eigenvalue weighted by Crippen LogP contribution is 2.32. The van der Waals surface area contributed by atoms with Crippen molar-refractivity contribution >= 4 is 40.3 Å². The number of thiazole rings is 1. The Morgan fingerprint density at radius 3 is 2.85 bits per heavy atom. The van der Waals surface area contributed by atoms with Crippen LogP contribution in [0.25, 0.3) is 16.6 Å². The lowest BCUT2D eigenvalue weighted by Gasteiger charge is -2.18. The zero-order valence-corrected chi connectivity index (χ0v) is 15.6. The van der Waals surface area contributed by atoms with Gasteiger partial charge < -0.3 is 14.8 Å². The van der Waals surface area contributed by atoms with Crippen LogP contribution >= 0.6 is 22.7 Å². The van der Waals surface area contributed by atoms with Crippen molar-refractivity contribution in [1.29, 1.82) is 5.26 Å². The van der Waals surface area contributed by atoms with Gasteiger partial charge in [0.05, 0.1) is 5.69 Å². The smallest absolute Gasteiger partial charge is 0.266 e. The third-order valence-electron chi connectivity index (χ3n) is 3.75. The van der Waals surface area contributed by atoms with Crippen molar-refractivity contribution in [2.45, 2.75) is 0 Å². The predicted molar refractivity (Wildman–Crippen MR) is 105 cm³/mol. The van der Waals surface area contributed by atoms with Crippen molar-refractivity contribution in [3.8, 4) is 28.1 Å². The van der Waals surface area contributed by atoms with Crippen molar-refractivity contribution < 1.29 is 14.3 Å². The van der Waals surface area contributed by atoms with E-state index >= 15 is 0 Å². The molecule has 134 valence electrons. The molecular weight excluding hydrogens is 382 g/mol. The molecular formula is C19H13N3O3S2. The van der Waals surface area contributed by atoms with Gasteiger partial charge in [-0.2, -0.15) is 16.6 Å². The van der Waals surface area contributed by atoms with E-state index in [1.54, 1.807) is 29.5 Å². The number of amides is 1. The number of anilines is 1. The van der Waals surface area contributed by atoms with Gasteiger partial charge in [0, 0.05) is 28.1 Å². The second-order valence-electron chi connectivity index (χ2n) is 5.57. The number of hydrogen-bond acceptors (Lipinski definition) is 7. The second-order valence-corrected chi connectivity index (χ2v) is 7.21. The molecule has 8 heteroatoms. The Morgan fingerprint density at radius 2 is 2.07 bits per heavy atom. The number of benzene rings is 1. The minimum Gasteiger partial charge on any atom is -0.486 e. The monoisotopic (exact) mass is 395 g/mol. The molecule has 0 saturated carbocycles. The van der Waals surface area contributed by atoms with Crippen molar-refractivity contribution in [1.82, 2.24) is 4.98 Å². The fraction of sp³-hybridized carbons (Fsp3) is 0.105. The third-order valence-corrected chi connectivity index (χ3v) is 5.34. The molecule has 1 N–H and O–H groups in total. The Hall–Kier alpha value is -3.15. The van der Waals surface area contributed by atoms with Crippen LogP contribution in [0.2, 0.25) is 0 Å². The molecule has 0 aliphatic carbocycles. The van der Waals surface area contributed by atoms with Crippen LogP contribution in [0.5, 0.6) is 11.5 Å². The van der Waals surface area contributed by atoms with Gasteiger partial charge in [-0.3, -0.25) is 4.79 Å². The summed E-state index contributed by atoms with van der Waals surface area (Å²) in [5, 5.41) is 18.7. The first-order valence-electron chi connectivity index (χ1n) is 8.04. The lowest BCUT2D eigenvalue weighted by Crippen LogP contribution is -2.17. The van der Waals surface area contributed by atoms with Crippen LogP contribution in [0, 0.1) is 11.3 Å². The van der Waals surface area contributed by atoms with Gasteiger partial charge in [-0.25, -0.2) is 4.98 Å². The topological polar surface area (TPSA) is 84.2 Å². The molecule has 27 heavy (non-hydrogen) atoms. The minimum absolute atomic E-state index is 0.0212. The Kier molecular flexibility index (Phi) is 4.87. The van der Waals surface area contributed by atoms with Gasteiger partial charge in [0.15, 0.2) is 11.5 Å². The van der Waals surface area contributed by atoms with E-state index in [2.05, 4.69) is 10.3 Å². The molecule has 3 aromatic rings. The Balaban J connectivity index is 1.51. The Bertz CT molecular complexity index is 1050. The first kappa shape index (κ1) is 17.3. The fourth-order valence-corrected chi connectivity index (χ4v) is 3.98. The number of thiophene rings is 1. The average Bonchev–Trinajstić information content (AvgIpc) is 3.37. The van der Waals surface area contributed by atoms with Gasteiger partial charge >= 0.3 is 0 Å². The van der Waals surface area contributed by atoms with Gasteiger partial charge in [0.2, 0.25) is 0 Å². The number of carbonyl (C=O) groups excluding carboxylic acids is 1. The number of nitrogens with one attached hydrogen (secondary N) is 1. The van der Waals surface area contributed by atoms with Crippen molar-refractivity contribution in [3.63, 3.8) is 0 Å². The summed E-state index contributed by atoms with van der Waals surface area (Å²) in [5.74, 6) is 0.708. The van der Waals surface area contributed by atoms with Gasteiger partial charge in [-0.05, 0) is 29.7 Å². The average molecular weight is 395 g/mol. The molecule has 1 amide bonds. The summed E-state index contributed by atoms with van der Waals surface area (Å²) in [6.07, 6.45) is 1.49. The van der Waals surface area contributed by atoms with Crippen molar-refractivity contribution in [2.24, 2.45) is 0 Å². The molecule has 0 saturated heterocycles. The van der Waals surface area contributed by atoms with Crippen LogP contribution in [-0.4, -0.2) is 24.1 Å². The summed E-state index contributed by atoms with van der Waals surface area (Å²) in [7, 11) is 0. The highest BCUT2D eigenvalue weighted by atomic mass is 32.1. The van der Waals surface area contributed by atoms with E-state index in [9.17, 15) is 10.1 Å². The molecule has 2 aromatic heterocycles. The van der Waals surface area contributed by atoms with Gasteiger partial charge in [-0.15, -0.1) is 11.3 Å². The van der Waals surface area contributed by atoms with E-state index in [1.807, 2.05) is 28.3 Å². The summed E-state index contributed by atoms with van der Waals surface area (Å²) in [6.45, 7) is 0.963. The van der Waals surface area contributed by atoms with E-state index in [4.69, 9.17) is 9.47 Å². The first-order chi connectivity index (χ1) is 13.2. The Labute approximate surface area is 163 Å². The number of carbonyl (C=O) groups is 1. The minimum atomic E-state index is -0.501. The molecule has 1 aromatic carbocycles. The summed E-state index contributed by atoms with van der Waals surface area (Å²) >= 11 is 3.06. The largest absolute Gasteiger partial charge is 0.486 e. The van der Waals surface area contributed by atoms with Crippen LogP contribution in [-0.2, 0) is 4.79 Å². The molecule has 1 aliphatic heterocycles. The summed E-state index contributed by atoms with van der Waals surface area (Å²) in [5.41, 5.74) is 2.12. The molecule has 0 radical (unpaired) electrons. The van der Waals surface area contributed by atoms with E-state index < -0.39 is 5.91 Å². The third kappa shape index (κ3) is 3.84. The predicted octanol–water partition coefficient (Wildman–Crippen LogP) is 4.19. The van der Waals surface area contributed by atoms with Crippen molar-refractivity contribution in [3.05, 3.63) is 51.7 Å². The number of ether oxygens (including phenoxy) is 2. The second kappa shape index (κ2) is 7.61. The van der Waals surface area contributed by atoms with E-state index in [-0.39, 0.29) is 5.57 Å². The van der Waals surface area contributed by atoms with Gasteiger partial charge in [0.1, 0.15) is 29.9 Å². The Morgan fingerprint density at radius 1 is 1.22 bits per heavy atom. The summed E-state index contributed by atoms with van der Waals surface area (Å²) in [4.78, 5) is 16.9. The van der Waals surface area contributed by atoms with E-state index in [1.165, 1.54) is 17.4 Å². The lowest BCUT2D eigenvalue weighted by atomic mass is 10.2. The number of nitriles is 1. The highest BCUT2D eigenvalue weighted by molar-refractivity contribution is 7.14. The SMILES string of the molecule is N#CC(=Cc1csc(-c2ccsc2)n1)C(=O)Nc1ccc2c(c1)OCCO2. The van der Waals surface area contributed by atoms with Gasteiger partial charge in [-0.1, -0.05) is 0 Å². The number of fused-ring (bicyclic) bond motifs is 1. The highest BCUT2D eigenvalue weighted by Gasteiger charge is 2.15. The maximum absolute atomic E-state index is 12.5. The first-order valence-corrected chi connectivity index (χ1v) is 9.86. The number of aromatic nitrogens is 1.